The molecule has 0 bridgehead atoms. The van der Waals surface area contributed by atoms with E-state index in [1.54, 1.807) is 13.8 Å². The summed E-state index contributed by atoms with van der Waals surface area (Å²) in [5.74, 6) is 3.45. The first-order valence-corrected chi connectivity index (χ1v) is 15.7. The standard InChI is InChI=1S/C16H22F3N.C11H18O.C7H13.CH3.U/c1-4-6-13-9-11(2)10-20(13)15-8-5-7-14(12(15)3)16(17,18)19;1-8-6-10-4-3-5-11(10,7-8)9(2)12;1-7-5-3-2-4-6-7;;/h5,7-8,11,13H,4,6,9-10H2,1-3H3;8,10H,3-7H2,1-2H3;5,7H,2-4,6H2,1H3;1H3;/q;;2*-1;+2. The fourth-order valence-corrected chi connectivity index (χ4v) is 7.98. The molecule has 232 valence electrons. The first kappa shape index (κ1) is 38.6. The number of nitrogens with zero attached hydrogens (tertiary/aromatic N) is 1. The monoisotopic (exact) mass is 801 g/mol. The minimum Gasteiger partial charge on any atom is -0.368 e. The molecule has 41 heavy (non-hydrogen) atoms. The van der Waals surface area contributed by atoms with Crippen LogP contribution in [0.4, 0.5) is 18.9 Å². The van der Waals surface area contributed by atoms with Crippen molar-refractivity contribution in [1.29, 1.82) is 0 Å². The number of anilines is 1. The van der Waals surface area contributed by atoms with Gasteiger partial charge in [-0.1, -0.05) is 65.9 Å². The van der Waals surface area contributed by atoms with Gasteiger partial charge in [0.2, 0.25) is 0 Å². The van der Waals surface area contributed by atoms with E-state index in [2.05, 4.69) is 39.0 Å². The van der Waals surface area contributed by atoms with Crippen LogP contribution < -0.4 is 4.90 Å². The predicted molar refractivity (Wildman–Crippen MR) is 163 cm³/mol. The van der Waals surface area contributed by atoms with E-state index in [0.29, 0.717) is 23.3 Å². The van der Waals surface area contributed by atoms with Crippen molar-refractivity contribution in [2.45, 2.75) is 131 Å². The van der Waals surface area contributed by atoms with Gasteiger partial charge >= 0.3 is 37.3 Å². The molecule has 2 nitrogen and oxygen atoms in total. The van der Waals surface area contributed by atoms with Crippen LogP contribution in [-0.2, 0) is 11.0 Å². The Balaban J connectivity index is 0.000000339. The Bertz CT molecular complexity index is 928. The van der Waals surface area contributed by atoms with E-state index in [-0.39, 0.29) is 44.0 Å². The van der Waals surface area contributed by atoms with E-state index in [1.807, 2.05) is 6.07 Å². The van der Waals surface area contributed by atoms with Crippen LogP contribution in [0.5, 0.6) is 0 Å². The quantitative estimate of drug-likeness (QED) is 0.283. The van der Waals surface area contributed by atoms with Crippen LogP contribution in [0.3, 0.4) is 0 Å². The van der Waals surface area contributed by atoms with E-state index in [1.165, 1.54) is 69.9 Å². The third kappa shape index (κ3) is 10.0. The molecule has 5 rings (SSSR count). The van der Waals surface area contributed by atoms with Gasteiger partial charge in [-0.05, 0) is 87.8 Å². The van der Waals surface area contributed by atoms with Crippen molar-refractivity contribution in [2.75, 3.05) is 11.4 Å². The Kier molecular flexibility index (Phi) is 16.1. The molecule has 0 radical (unpaired) electrons. The summed E-state index contributed by atoms with van der Waals surface area (Å²) < 4.78 is 39.1. The van der Waals surface area contributed by atoms with Gasteiger partial charge < -0.3 is 18.7 Å². The van der Waals surface area contributed by atoms with Crippen LogP contribution in [0.25, 0.3) is 0 Å². The molecule has 4 fully saturated rings. The summed E-state index contributed by atoms with van der Waals surface area (Å²) in [4.78, 5) is 13.8. The first-order chi connectivity index (χ1) is 18.4. The summed E-state index contributed by atoms with van der Waals surface area (Å²) in [6.45, 7) is 13.1. The molecule has 0 spiro atoms. The minimum absolute atomic E-state index is 0. The van der Waals surface area contributed by atoms with Gasteiger partial charge in [-0.15, -0.1) is 0 Å². The number of Topliss-reactive ketones (excluding diaryl/α,β-unsaturated/α-hetero) is 1. The van der Waals surface area contributed by atoms with Crippen LogP contribution in [0.15, 0.2) is 18.2 Å². The van der Waals surface area contributed by atoms with E-state index in [9.17, 15) is 18.0 Å². The molecule has 4 aliphatic rings. The number of halogens is 3. The molecule has 3 saturated carbocycles. The number of rotatable bonds is 4. The molecule has 6 atom stereocenters. The fraction of sp³-hybridized carbons (Fsp3) is 0.743. The SMILES string of the molecule is CC(=O)C12CCCC1CC(C)C2.CC1[CH-]CCCC1.CCCC1CC(C)CN1c1cccc(C(F)(F)F)c1C.[CH3-].[U+2]. The largest absolute Gasteiger partial charge is 2.00 e. The molecule has 0 amide bonds. The van der Waals surface area contributed by atoms with Crippen molar-refractivity contribution in [3.8, 4) is 0 Å². The van der Waals surface area contributed by atoms with Crippen LogP contribution >= 0.6 is 0 Å². The van der Waals surface area contributed by atoms with Crippen LogP contribution in [0.1, 0.15) is 123 Å². The Hall–Kier alpha value is -0.468. The Labute approximate surface area is 273 Å². The van der Waals surface area contributed by atoms with Gasteiger partial charge in [-0.25, -0.2) is 0 Å². The van der Waals surface area contributed by atoms with Crippen molar-refractivity contribution in [3.05, 3.63) is 43.2 Å². The summed E-state index contributed by atoms with van der Waals surface area (Å²) in [6, 6.07) is 4.90. The number of carbonyl (C=O) groups excluding carboxylic acids is 1. The number of ketones is 1. The third-order valence-electron chi connectivity index (χ3n) is 9.91. The van der Waals surface area contributed by atoms with Gasteiger partial charge in [0.1, 0.15) is 5.78 Å². The maximum Gasteiger partial charge on any atom is 2.00 e. The second-order valence-electron chi connectivity index (χ2n) is 13.2. The van der Waals surface area contributed by atoms with Crippen molar-refractivity contribution >= 4 is 11.5 Å². The molecule has 6 unspecified atom stereocenters. The van der Waals surface area contributed by atoms with Crippen LogP contribution in [-0.4, -0.2) is 18.4 Å². The molecule has 0 N–H and O–H groups in total. The van der Waals surface area contributed by atoms with Gasteiger partial charge in [0.15, 0.2) is 0 Å². The average Bonchev–Trinajstić information content (AvgIpc) is 3.52. The van der Waals surface area contributed by atoms with E-state index < -0.39 is 11.7 Å². The summed E-state index contributed by atoms with van der Waals surface area (Å²) in [5.41, 5.74) is 0.738. The molecule has 1 heterocycles. The third-order valence-corrected chi connectivity index (χ3v) is 9.91. The number of carbonyl (C=O) groups is 1. The van der Waals surface area contributed by atoms with Gasteiger partial charge in [-0.2, -0.15) is 25.5 Å². The molecular formula is C35H56F3NOU. The van der Waals surface area contributed by atoms with Crippen molar-refractivity contribution < 1.29 is 49.1 Å². The van der Waals surface area contributed by atoms with Gasteiger partial charge in [0.05, 0.1) is 5.56 Å². The number of benzene rings is 1. The molecule has 0 aromatic heterocycles. The van der Waals surface area contributed by atoms with E-state index >= 15 is 0 Å². The van der Waals surface area contributed by atoms with Crippen LogP contribution in [0, 0.1) is 81.0 Å². The second kappa shape index (κ2) is 17.1. The summed E-state index contributed by atoms with van der Waals surface area (Å²) in [7, 11) is 0. The summed E-state index contributed by atoms with van der Waals surface area (Å²) in [5, 5.41) is 0. The van der Waals surface area contributed by atoms with Crippen LogP contribution in [0.2, 0.25) is 0 Å². The minimum atomic E-state index is -4.27. The first-order valence-electron chi connectivity index (χ1n) is 15.7. The molecular weight excluding hydrogens is 745 g/mol. The van der Waals surface area contributed by atoms with Gasteiger partial charge in [0, 0.05) is 23.7 Å². The zero-order valence-corrected chi connectivity index (χ0v) is 31.0. The topological polar surface area (TPSA) is 20.3 Å². The molecule has 6 heteroatoms. The Morgan fingerprint density at radius 1 is 1.07 bits per heavy atom. The van der Waals surface area contributed by atoms with Gasteiger partial charge in [-0.3, -0.25) is 4.79 Å². The molecule has 1 aliphatic heterocycles. The predicted octanol–water partition coefficient (Wildman–Crippen LogP) is 10.7. The second-order valence-corrected chi connectivity index (χ2v) is 13.2. The van der Waals surface area contributed by atoms with Crippen molar-refractivity contribution in [2.24, 2.45) is 29.1 Å². The zero-order valence-electron chi connectivity index (χ0n) is 26.9. The number of hydrogen-bond acceptors (Lipinski definition) is 2. The number of alkyl halides is 3. The van der Waals surface area contributed by atoms with E-state index in [0.717, 1.165) is 49.2 Å². The maximum atomic E-state index is 13.0. The normalized spacial score (nSPS) is 30.6. The molecule has 1 saturated heterocycles. The average molecular weight is 802 g/mol. The maximum absolute atomic E-state index is 13.0. The fourth-order valence-electron chi connectivity index (χ4n) is 7.98. The summed E-state index contributed by atoms with van der Waals surface area (Å²) in [6.07, 6.45) is 13.3. The van der Waals surface area contributed by atoms with E-state index in [4.69, 9.17) is 0 Å². The summed E-state index contributed by atoms with van der Waals surface area (Å²) >= 11 is 0. The molecule has 1 aromatic carbocycles. The van der Waals surface area contributed by atoms with Gasteiger partial charge in [0.25, 0.3) is 0 Å². The number of fused-ring (bicyclic) bond motifs is 1. The zero-order chi connectivity index (χ0) is 28.8. The smallest absolute Gasteiger partial charge is 0.368 e. The Morgan fingerprint density at radius 2 is 1.78 bits per heavy atom. The number of hydrogen-bond donors (Lipinski definition) is 0. The van der Waals surface area contributed by atoms with Crippen molar-refractivity contribution in [3.63, 3.8) is 0 Å². The molecule has 1 aromatic rings. The molecule has 3 aliphatic carbocycles. The Morgan fingerprint density at radius 3 is 2.29 bits per heavy atom. The van der Waals surface area contributed by atoms with Crippen molar-refractivity contribution in [1.82, 2.24) is 0 Å².